The van der Waals surface area contributed by atoms with Crippen molar-refractivity contribution in [2.45, 2.75) is 6.54 Å². The van der Waals surface area contributed by atoms with Crippen molar-refractivity contribution >= 4 is 16.7 Å². The first-order valence-corrected chi connectivity index (χ1v) is 6.70. The van der Waals surface area contributed by atoms with Crippen LogP contribution in [0.2, 0.25) is 0 Å². The number of imidazole rings is 1. The summed E-state index contributed by atoms with van der Waals surface area (Å²) in [4.78, 5) is 4.61. The quantitative estimate of drug-likeness (QED) is 0.749. The lowest BCUT2D eigenvalue weighted by Crippen LogP contribution is -2.06. The van der Waals surface area contributed by atoms with Crippen LogP contribution < -0.4 is 5.73 Å². The molecule has 0 fully saturated rings. The molecule has 0 aliphatic carbocycles. The second-order valence-corrected chi connectivity index (χ2v) is 4.80. The van der Waals surface area contributed by atoms with Gasteiger partial charge in [0.1, 0.15) is 11.6 Å². The largest absolute Gasteiger partial charge is 0.396 e. The number of aromatic nitrogens is 2. The SMILES string of the molecule is COCCn1c(-c2ccc(N)c(F)c2)nc2ccccc21. The molecule has 0 radical (unpaired) electrons. The number of ether oxygens (including phenoxy) is 1. The smallest absolute Gasteiger partial charge is 0.146 e. The van der Waals surface area contributed by atoms with Crippen molar-refractivity contribution in [1.29, 1.82) is 0 Å². The van der Waals surface area contributed by atoms with Crippen LogP contribution in [0.5, 0.6) is 0 Å². The number of nitrogens with two attached hydrogens (primary N) is 1. The molecular weight excluding hydrogens is 269 g/mol. The molecule has 0 unspecified atom stereocenters. The van der Waals surface area contributed by atoms with Crippen molar-refractivity contribution in [2.24, 2.45) is 0 Å². The summed E-state index contributed by atoms with van der Waals surface area (Å²) in [6.07, 6.45) is 0. The van der Waals surface area contributed by atoms with E-state index in [1.165, 1.54) is 6.07 Å². The molecule has 0 spiro atoms. The van der Waals surface area contributed by atoms with E-state index in [0.29, 0.717) is 24.5 Å². The minimum absolute atomic E-state index is 0.137. The van der Waals surface area contributed by atoms with Crippen LogP contribution in [0.4, 0.5) is 10.1 Å². The molecule has 3 rings (SSSR count). The predicted octanol–water partition coefficient (Wildman–Crippen LogP) is 3.07. The van der Waals surface area contributed by atoms with Gasteiger partial charge in [-0.3, -0.25) is 0 Å². The Morgan fingerprint density at radius 3 is 2.81 bits per heavy atom. The van der Waals surface area contributed by atoms with Gasteiger partial charge in [-0.25, -0.2) is 9.37 Å². The minimum atomic E-state index is -0.433. The molecule has 3 aromatic rings. The number of fused-ring (bicyclic) bond motifs is 1. The maximum absolute atomic E-state index is 13.7. The normalized spacial score (nSPS) is 11.1. The van der Waals surface area contributed by atoms with Gasteiger partial charge in [-0.15, -0.1) is 0 Å². The third-order valence-electron chi connectivity index (χ3n) is 3.43. The van der Waals surface area contributed by atoms with Crippen molar-refractivity contribution in [2.75, 3.05) is 19.5 Å². The number of hydrogen-bond donors (Lipinski definition) is 1. The number of nitrogens with zero attached hydrogens (tertiary/aromatic N) is 2. The molecule has 5 heteroatoms. The van der Waals surface area contributed by atoms with Gasteiger partial charge in [-0.2, -0.15) is 0 Å². The molecule has 0 atom stereocenters. The summed E-state index contributed by atoms with van der Waals surface area (Å²) in [5.41, 5.74) is 8.26. The molecule has 0 bridgehead atoms. The Kier molecular flexibility index (Phi) is 3.58. The van der Waals surface area contributed by atoms with Gasteiger partial charge in [-0.1, -0.05) is 12.1 Å². The fraction of sp³-hybridized carbons (Fsp3) is 0.188. The monoisotopic (exact) mass is 285 g/mol. The van der Waals surface area contributed by atoms with Gasteiger partial charge in [0.15, 0.2) is 0 Å². The van der Waals surface area contributed by atoms with Crippen molar-refractivity contribution in [3.8, 4) is 11.4 Å². The number of methoxy groups -OCH3 is 1. The van der Waals surface area contributed by atoms with E-state index in [2.05, 4.69) is 4.98 Å². The first-order valence-electron chi connectivity index (χ1n) is 6.70. The van der Waals surface area contributed by atoms with E-state index >= 15 is 0 Å². The van der Waals surface area contributed by atoms with Crippen LogP contribution in [-0.2, 0) is 11.3 Å². The topological polar surface area (TPSA) is 53.1 Å². The lowest BCUT2D eigenvalue weighted by Gasteiger charge is -2.09. The Hall–Kier alpha value is -2.40. The van der Waals surface area contributed by atoms with E-state index in [1.54, 1.807) is 19.2 Å². The summed E-state index contributed by atoms with van der Waals surface area (Å²) in [5.74, 6) is 0.282. The van der Waals surface area contributed by atoms with Crippen LogP contribution >= 0.6 is 0 Å². The Bertz CT molecular complexity index is 782. The summed E-state index contributed by atoms with van der Waals surface area (Å²) in [5, 5.41) is 0. The van der Waals surface area contributed by atoms with Crippen molar-refractivity contribution in [3.63, 3.8) is 0 Å². The van der Waals surface area contributed by atoms with Gasteiger partial charge >= 0.3 is 0 Å². The highest BCUT2D eigenvalue weighted by Gasteiger charge is 2.13. The van der Waals surface area contributed by atoms with Gasteiger partial charge in [0.05, 0.1) is 23.3 Å². The molecule has 1 heterocycles. The summed E-state index contributed by atoms with van der Waals surface area (Å²) in [7, 11) is 1.65. The number of benzene rings is 2. The van der Waals surface area contributed by atoms with Crippen LogP contribution in [-0.4, -0.2) is 23.3 Å². The Morgan fingerprint density at radius 1 is 1.24 bits per heavy atom. The van der Waals surface area contributed by atoms with Crippen LogP contribution in [0.1, 0.15) is 0 Å². The van der Waals surface area contributed by atoms with E-state index in [-0.39, 0.29) is 5.69 Å². The molecule has 0 aliphatic heterocycles. The second kappa shape index (κ2) is 5.54. The van der Waals surface area contributed by atoms with Gasteiger partial charge in [0.25, 0.3) is 0 Å². The van der Waals surface area contributed by atoms with Gasteiger partial charge in [0, 0.05) is 19.2 Å². The zero-order valence-corrected chi connectivity index (χ0v) is 11.7. The zero-order chi connectivity index (χ0) is 14.8. The van der Waals surface area contributed by atoms with Gasteiger partial charge in [0.2, 0.25) is 0 Å². The average molecular weight is 285 g/mol. The Labute approximate surface area is 122 Å². The molecular formula is C16H16FN3O. The van der Waals surface area contributed by atoms with E-state index < -0.39 is 5.82 Å². The van der Waals surface area contributed by atoms with Crippen LogP contribution in [0.25, 0.3) is 22.4 Å². The number of hydrogen-bond acceptors (Lipinski definition) is 3. The molecule has 0 aliphatic rings. The maximum atomic E-state index is 13.7. The van der Waals surface area contributed by atoms with Crippen LogP contribution in [0, 0.1) is 5.82 Å². The molecule has 1 aromatic heterocycles. The fourth-order valence-electron chi connectivity index (χ4n) is 2.37. The minimum Gasteiger partial charge on any atom is -0.396 e. The summed E-state index contributed by atoms with van der Waals surface area (Å²) in [6, 6.07) is 12.6. The third-order valence-corrected chi connectivity index (χ3v) is 3.43. The van der Waals surface area contributed by atoms with Crippen molar-refractivity contribution < 1.29 is 9.13 Å². The Balaban J connectivity index is 2.17. The standard InChI is InChI=1S/C16H16FN3O/c1-21-9-8-20-15-5-3-2-4-14(15)19-16(20)11-6-7-13(18)12(17)10-11/h2-7,10H,8-9,18H2,1H3. The molecule has 0 saturated carbocycles. The molecule has 2 N–H and O–H groups in total. The first kappa shape index (κ1) is 13.6. The van der Waals surface area contributed by atoms with Gasteiger partial charge < -0.3 is 15.0 Å². The molecule has 108 valence electrons. The zero-order valence-electron chi connectivity index (χ0n) is 11.7. The van der Waals surface area contributed by atoms with Gasteiger partial charge in [-0.05, 0) is 30.3 Å². The molecule has 0 amide bonds. The number of anilines is 1. The summed E-state index contributed by atoms with van der Waals surface area (Å²) in [6.45, 7) is 1.21. The maximum Gasteiger partial charge on any atom is 0.146 e. The average Bonchev–Trinajstić information content (AvgIpc) is 2.86. The van der Waals surface area contributed by atoms with Crippen molar-refractivity contribution in [1.82, 2.24) is 9.55 Å². The predicted molar refractivity (Wildman–Crippen MR) is 81.4 cm³/mol. The molecule has 2 aromatic carbocycles. The summed E-state index contributed by atoms with van der Waals surface area (Å²) >= 11 is 0. The number of para-hydroxylation sites is 2. The van der Waals surface area contributed by atoms with E-state index in [0.717, 1.165) is 11.0 Å². The third kappa shape index (κ3) is 2.48. The number of nitrogen functional groups attached to an aromatic ring is 1. The van der Waals surface area contributed by atoms with E-state index in [9.17, 15) is 4.39 Å². The highest BCUT2D eigenvalue weighted by Crippen LogP contribution is 2.26. The number of halogens is 1. The molecule has 21 heavy (non-hydrogen) atoms. The fourth-order valence-corrected chi connectivity index (χ4v) is 2.37. The second-order valence-electron chi connectivity index (χ2n) is 4.80. The van der Waals surface area contributed by atoms with E-state index in [4.69, 9.17) is 10.5 Å². The molecule has 4 nitrogen and oxygen atoms in total. The van der Waals surface area contributed by atoms with Crippen molar-refractivity contribution in [3.05, 3.63) is 48.3 Å². The Morgan fingerprint density at radius 2 is 2.05 bits per heavy atom. The number of rotatable bonds is 4. The summed E-state index contributed by atoms with van der Waals surface area (Å²) < 4.78 is 20.9. The molecule has 0 saturated heterocycles. The lowest BCUT2D eigenvalue weighted by molar-refractivity contribution is 0.188. The lowest BCUT2D eigenvalue weighted by atomic mass is 10.2. The van der Waals surface area contributed by atoms with E-state index in [1.807, 2.05) is 28.8 Å². The van der Waals surface area contributed by atoms with Crippen LogP contribution in [0.15, 0.2) is 42.5 Å². The highest BCUT2D eigenvalue weighted by atomic mass is 19.1. The first-order chi connectivity index (χ1) is 10.2. The van der Waals surface area contributed by atoms with Crippen LogP contribution in [0.3, 0.4) is 0 Å². The highest BCUT2D eigenvalue weighted by molar-refractivity contribution is 5.80.